The molecule has 0 fully saturated rings. The zero-order valence-corrected chi connectivity index (χ0v) is 31.5. The van der Waals surface area contributed by atoms with Gasteiger partial charge < -0.3 is 18.9 Å². The number of benzene rings is 3. The number of fused-ring (bicyclic) bond motifs is 1. The van der Waals surface area contributed by atoms with E-state index in [1.165, 1.54) is 42.3 Å². The lowest BCUT2D eigenvalue weighted by Gasteiger charge is -2.26. The van der Waals surface area contributed by atoms with Crippen LogP contribution >= 0.6 is 65.8 Å². The van der Waals surface area contributed by atoms with Crippen molar-refractivity contribution in [3.05, 3.63) is 119 Å². The van der Waals surface area contributed by atoms with Crippen LogP contribution in [0.25, 0.3) is 6.08 Å². The van der Waals surface area contributed by atoms with E-state index >= 15 is 0 Å². The number of esters is 1. The van der Waals surface area contributed by atoms with E-state index < -0.39 is 16.9 Å². The second-order valence-electron chi connectivity index (χ2n) is 10.0. The zero-order valence-electron chi connectivity index (χ0n) is 25.3. The number of carbonyl (C=O) groups is 1. The molecule has 0 saturated carbocycles. The fraction of sp³-hybridized carbons (Fsp3) is 0.219. The molecule has 1 aliphatic heterocycles. The molecule has 15 heteroatoms. The predicted octanol–water partition coefficient (Wildman–Crippen LogP) is 6.43. The van der Waals surface area contributed by atoms with Gasteiger partial charge in [-0.25, -0.2) is 9.79 Å². The molecule has 5 rings (SSSR count). The molecular weight excluding hydrogens is 873 g/mol. The Morgan fingerprint density at radius 3 is 2.45 bits per heavy atom. The Balaban J connectivity index is 1.66. The average Bonchev–Trinajstić information content (AvgIpc) is 3.33. The summed E-state index contributed by atoms with van der Waals surface area (Å²) in [6.07, 6.45) is 1.73. The molecule has 244 valence electrons. The summed E-state index contributed by atoms with van der Waals surface area (Å²) in [5, 5.41) is 11.1. The summed E-state index contributed by atoms with van der Waals surface area (Å²) in [6.45, 7) is 3.72. The normalized spacial score (nSPS) is 14.4. The number of carbonyl (C=O) groups excluding carboxylic acids is 1. The highest BCUT2D eigenvalue weighted by Crippen LogP contribution is 2.41. The summed E-state index contributed by atoms with van der Waals surface area (Å²) in [7, 11) is 3.03. The van der Waals surface area contributed by atoms with Gasteiger partial charge in [0.2, 0.25) is 0 Å². The number of nitro benzene ring substituents is 1. The number of hydrogen-bond donors (Lipinski definition) is 0. The van der Waals surface area contributed by atoms with Gasteiger partial charge in [-0.1, -0.05) is 43.2 Å². The van der Waals surface area contributed by atoms with Crippen LogP contribution in [0.3, 0.4) is 0 Å². The van der Waals surface area contributed by atoms with Gasteiger partial charge >= 0.3 is 5.97 Å². The van der Waals surface area contributed by atoms with Crippen LogP contribution in [0, 0.1) is 13.7 Å². The number of thiazole rings is 1. The van der Waals surface area contributed by atoms with E-state index in [0.29, 0.717) is 47.9 Å². The van der Waals surface area contributed by atoms with Crippen molar-refractivity contribution in [3.63, 3.8) is 0 Å². The van der Waals surface area contributed by atoms with Crippen molar-refractivity contribution in [1.29, 1.82) is 0 Å². The Kier molecular flexibility index (Phi) is 10.9. The smallest absolute Gasteiger partial charge is 0.338 e. The Bertz CT molecular complexity index is 2110. The number of nitro groups is 1. The SMILES string of the molecule is CCOC(=O)C1=C(C)N=c2s/c(=C\c3cc(Br)cc(I)c3OCc3ccc([N+](=O)[O-])cc3)c(=O)n2[C@@H]1c1cc(OC)c(OC)cc1Br. The Labute approximate surface area is 303 Å². The van der Waals surface area contributed by atoms with Gasteiger partial charge in [-0.2, -0.15) is 0 Å². The number of methoxy groups -OCH3 is 2. The number of allylic oxidation sites excluding steroid dienone is 1. The van der Waals surface area contributed by atoms with Gasteiger partial charge in [0.15, 0.2) is 16.3 Å². The minimum Gasteiger partial charge on any atom is -0.493 e. The molecule has 4 aromatic rings. The van der Waals surface area contributed by atoms with Gasteiger partial charge in [0.25, 0.3) is 11.2 Å². The van der Waals surface area contributed by atoms with E-state index in [1.54, 1.807) is 44.2 Å². The van der Waals surface area contributed by atoms with Crippen LogP contribution in [0.4, 0.5) is 5.69 Å². The topological polar surface area (TPSA) is 131 Å². The quantitative estimate of drug-likeness (QED) is 0.0771. The van der Waals surface area contributed by atoms with Gasteiger partial charge in [0.1, 0.15) is 12.4 Å². The lowest BCUT2D eigenvalue weighted by atomic mass is 9.95. The molecule has 2 heterocycles. The molecule has 1 aliphatic rings. The van der Waals surface area contributed by atoms with Crippen molar-refractivity contribution in [2.24, 2.45) is 4.99 Å². The van der Waals surface area contributed by atoms with Crippen molar-refractivity contribution >= 4 is 83.5 Å². The van der Waals surface area contributed by atoms with Crippen LogP contribution < -0.4 is 29.1 Å². The third-order valence-electron chi connectivity index (χ3n) is 7.17. The number of halogens is 3. The van der Waals surface area contributed by atoms with Crippen molar-refractivity contribution < 1.29 is 28.7 Å². The van der Waals surface area contributed by atoms with Crippen molar-refractivity contribution in [2.75, 3.05) is 20.8 Å². The van der Waals surface area contributed by atoms with Gasteiger partial charge in [0, 0.05) is 26.6 Å². The highest BCUT2D eigenvalue weighted by Gasteiger charge is 2.35. The molecule has 0 spiro atoms. The molecule has 0 bridgehead atoms. The van der Waals surface area contributed by atoms with Crippen LogP contribution in [0.15, 0.2) is 78.5 Å². The summed E-state index contributed by atoms with van der Waals surface area (Å²) in [4.78, 5) is 43.3. The molecule has 0 unspecified atom stereocenters. The number of ether oxygens (including phenoxy) is 4. The highest BCUT2D eigenvalue weighted by molar-refractivity contribution is 14.1. The second kappa shape index (κ2) is 14.7. The van der Waals surface area contributed by atoms with E-state index in [-0.39, 0.29) is 30.0 Å². The molecule has 1 atom stereocenters. The first-order valence-electron chi connectivity index (χ1n) is 13.9. The third kappa shape index (κ3) is 7.17. The summed E-state index contributed by atoms with van der Waals surface area (Å²) in [5.74, 6) is 0.836. The van der Waals surface area contributed by atoms with Crippen molar-refractivity contribution in [2.45, 2.75) is 26.5 Å². The first kappa shape index (κ1) is 34.8. The molecule has 0 radical (unpaired) electrons. The van der Waals surface area contributed by atoms with Crippen molar-refractivity contribution in [3.8, 4) is 17.2 Å². The molecule has 0 N–H and O–H groups in total. The van der Waals surface area contributed by atoms with E-state index in [2.05, 4.69) is 59.4 Å². The Hall–Kier alpha value is -3.54. The van der Waals surface area contributed by atoms with Gasteiger partial charge in [-0.15, -0.1) is 0 Å². The van der Waals surface area contributed by atoms with Crippen LogP contribution in [-0.4, -0.2) is 36.3 Å². The van der Waals surface area contributed by atoms with Gasteiger partial charge in [0.05, 0.1) is 51.2 Å². The fourth-order valence-corrected chi connectivity index (χ4v) is 8.30. The number of nitrogens with zero attached hydrogens (tertiary/aromatic N) is 3. The predicted molar refractivity (Wildman–Crippen MR) is 192 cm³/mol. The molecule has 0 amide bonds. The number of non-ortho nitro benzene ring substituents is 1. The minimum absolute atomic E-state index is 0.0113. The lowest BCUT2D eigenvalue weighted by Crippen LogP contribution is -2.40. The van der Waals surface area contributed by atoms with Crippen LogP contribution in [0.2, 0.25) is 0 Å². The van der Waals surface area contributed by atoms with E-state index in [0.717, 1.165) is 13.6 Å². The maximum atomic E-state index is 14.3. The highest BCUT2D eigenvalue weighted by atomic mass is 127. The maximum Gasteiger partial charge on any atom is 0.338 e. The van der Waals surface area contributed by atoms with Gasteiger partial charge in [-0.05, 0) is 90.0 Å². The Morgan fingerprint density at radius 2 is 1.81 bits per heavy atom. The van der Waals surface area contributed by atoms with Gasteiger partial charge in [-0.3, -0.25) is 19.5 Å². The largest absolute Gasteiger partial charge is 0.493 e. The molecule has 47 heavy (non-hydrogen) atoms. The van der Waals surface area contributed by atoms with E-state index in [9.17, 15) is 19.7 Å². The first-order valence-corrected chi connectivity index (χ1v) is 17.4. The summed E-state index contributed by atoms with van der Waals surface area (Å²) in [5.41, 5.74) is 2.21. The molecule has 11 nitrogen and oxygen atoms in total. The molecular formula is C32H26Br2IN3O8S. The van der Waals surface area contributed by atoms with Crippen molar-refractivity contribution in [1.82, 2.24) is 4.57 Å². The van der Waals surface area contributed by atoms with Crippen LogP contribution in [-0.2, 0) is 16.1 Å². The summed E-state index contributed by atoms with van der Waals surface area (Å²) < 4.78 is 26.6. The summed E-state index contributed by atoms with van der Waals surface area (Å²) in [6, 6.07) is 12.4. The standard InChI is InChI=1S/C32H26Br2IN3O8S/c1-5-45-31(40)27-16(2)36-32-37(28(27)21-13-24(43-3)25(44-4)14-22(21)34)30(39)26(47-32)11-18-10-19(33)12-23(35)29(18)46-15-17-6-8-20(9-7-17)38(41)42/h6-14,28H,5,15H2,1-4H3/b26-11-/t28-/m1/s1. The number of rotatable bonds is 10. The maximum absolute atomic E-state index is 14.3. The van der Waals surface area contributed by atoms with Crippen LogP contribution in [0.5, 0.6) is 17.2 Å². The first-order chi connectivity index (χ1) is 22.5. The molecule has 0 saturated heterocycles. The summed E-state index contributed by atoms with van der Waals surface area (Å²) >= 11 is 10.5. The fourth-order valence-electron chi connectivity index (χ4n) is 5.02. The van der Waals surface area contributed by atoms with E-state index in [1.807, 2.05) is 12.1 Å². The molecule has 1 aromatic heterocycles. The minimum atomic E-state index is -0.887. The molecule has 0 aliphatic carbocycles. The lowest BCUT2D eigenvalue weighted by molar-refractivity contribution is -0.384. The zero-order chi connectivity index (χ0) is 34.0. The van der Waals surface area contributed by atoms with Crippen LogP contribution in [0.1, 0.15) is 36.6 Å². The number of aromatic nitrogens is 1. The number of hydrogen-bond acceptors (Lipinski definition) is 10. The molecule has 3 aromatic carbocycles. The Morgan fingerprint density at radius 1 is 1.13 bits per heavy atom. The average molecular weight is 899 g/mol. The third-order valence-corrected chi connectivity index (χ3v) is 10.1. The van der Waals surface area contributed by atoms with E-state index in [4.69, 9.17) is 18.9 Å². The monoisotopic (exact) mass is 897 g/mol. The second-order valence-corrected chi connectivity index (χ2v) is 14.0.